The van der Waals surface area contributed by atoms with Gasteiger partial charge < -0.3 is 9.73 Å². The molecule has 22 heavy (non-hydrogen) atoms. The van der Waals surface area contributed by atoms with Crippen molar-refractivity contribution in [1.82, 2.24) is 10.3 Å². The molecule has 3 rings (SSSR count). The fourth-order valence-electron chi connectivity index (χ4n) is 2.30. The van der Waals surface area contributed by atoms with Crippen LogP contribution < -0.4 is 5.32 Å². The van der Waals surface area contributed by atoms with E-state index in [4.69, 9.17) is 16.0 Å². The fraction of sp³-hybridized carbons (Fsp3) is 0.176. The first-order valence-corrected chi connectivity index (χ1v) is 7.42. The molecule has 5 heteroatoms. The summed E-state index contributed by atoms with van der Waals surface area (Å²) >= 11 is 5.91. The summed E-state index contributed by atoms with van der Waals surface area (Å²) in [5.74, 6) is -0.00946. The summed E-state index contributed by atoms with van der Waals surface area (Å²) in [4.78, 5) is 16.0. The number of nitrogens with zero attached hydrogens (tertiary/aromatic N) is 1. The normalized spacial score (nSPS) is 10.8. The number of benzene rings is 2. The first-order chi connectivity index (χ1) is 10.7. The van der Waals surface area contributed by atoms with Crippen LogP contribution in [0.1, 0.15) is 11.1 Å². The van der Waals surface area contributed by atoms with Crippen LogP contribution in [0.5, 0.6) is 0 Å². The van der Waals surface area contributed by atoms with Crippen molar-refractivity contribution in [3.05, 3.63) is 65.0 Å². The number of hydrogen-bond donors (Lipinski definition) is 1. The van der Waals surface area contributed by atoms with E-state index in [1.165, 1.54) is 6.39 Å². The number of aromatic nitrogens is 1. The quantitative estimate of drug-likeness (QED) is 0.785. The summed E-state index contributed by atoms with van der Waals surface area (Å²) < 4.78 is 5.20. The van der Waals surface area contributed by atoms with Gasteiger partial charge in [-0.3, -0.25) is 4.79 Å². The van der Waals surface area contributed by atoms with Crippen LogP contribution in [0.4, 0.5) is 0 Å². The van der Waals surface area contributed by atoms with E-state index in [-0.39, 0.29) is 5.91 Å². The predicted octanol–water partition coefficient (Wildman–Crippen LogP) is 3.38. The SMILES string of the molecule is O=C(Cc1cccc(Cl)c1)NCCc1ccc2ocnc2c1. The minimum atomic E-state index is -0.00946. The molecule has 0 bridgehead atoms. The molecular formula is C17H15ClN2O2. The molecule has 0 radical (unpaired) electrons. The van der Waals surface area contributed by atoms with E-state index in [2.05, 4.69) is 10.3 Å². The van der Waals surface area contributed by atoms with Crippen molar-refractivity contribution in [2.45, 2.75) is 12.8 Å². The van der Waals surface area contributed by atoms with Gasteiger partial charge in [-0.1, -0.05) is 29.8 Å². The fourth-order valence-corrected chi connectivity index (χ4v) is 2.51. The molecule has 0 atom stereocenters. The van der Waals surface area contributed by atoms with Gasteiger partial charge in [-0.05, 0) is 41.8 Å². The van der Waals surface area contributed by atoms with E-state index in [0.29, 0.717) is 18.0 Å². The van der Waals surface area contributed by atoms with Crippen LogP contribution in [-0.4, -0.2) is 17.4 Å². The van der Waals surface area contributed by atoms with Gasteiger partial charge >= 0.3 is 0 Å². The summed E-state index contributed by atoms with van der Waals surface area (Å²) in [6, 6.07) is 13.2. The molecule has 112 valence electrons. The van der Waals surface area contributed by atoms with E-state index < -0.39 is 0 Å². The molecule has 0 aliphatic carbocycles. The second-order valence-corrected chi connectivity index (χ2v) is 5.50. The van der Waals surface area contributed by atoms with Gasteiger partial charge in [0.2, 0.25) is 5.91 Å². The van der Waals surface area contributed by atoms with Crippen LogP contribution in [0.3, 0.4) is 0 Å². The van der Waals surface area contributed by atoms with Gasteiger partial charge in [-0.25, -0.2) is 4.98 Å². The minimum Gasteiger partial charge on any atom is -0.443 e. The average molecular weight is 315 g/mol. The van der Waals surface area contributed by atoms with Gasteiger partial charge in [-0.15, -0.1) is 0 Å². The summed E-state index contributed by atoms with van der Waals surface area (Å²) in [5, 5.41) is 3.56. The van der Waals surface area contributed by atoms with Gasteiger partial charge in [-0.2, -0.15) is 0 Å². The van der Waals surface area contributed by atoms with Crippen molar-refractivity contribution >= 4 is 28.6 Å². The molecule has 0 fully saturated rings. The average Bonchev–Trinajstić information content (AvgIpc) is 2.95. The van der Waals surface area contributed by atoms with Crippen molar-refractivity contribution in [3.8, 4) is 0 Å². The molecular weight excluding hydrogens is 300 g/mol. The maximum Gasteiger partial charge on any atom is 0.224 e. The third-order valence-electron chi connectivity index (χ3n) is 3.38. The highest BCUT2D eigenvalue weighted by atomic mass is 35.5. The van der Waals surface area contributed by atoms with Crippen molar-refractivity contribution in [1.29, 1.82) is 0 Å². The predicted molar refractivity (Wildman–Crippen MR) is 85.9 cm³/mol. The van der Waals surface area contributed by atoms with E-state index in [1.807, 2.05) is 30.3 Å². The molecule has 0 spiro atoms. The van der Waals surface area contributed by atoms with Crippen LogP contribution in [-0.2, 0) is 17.6 Å². The van der Waals surface area contributed by atoms with Gasteiger partial charge in [0.1, 0.15) is 5.52 Å². The Labute approximate surface area is 133 Å². The zero-order valence-corrected chi connectivity index (χ0v) is 12.6. The molecule has 0 saturated carbocycles. The highest BCUT2D eigenvalue weighted by molar-refractivity contribution is 6.30. The monoisotopic (exact) mass is 314 g/mol. The van der Waals surface area contributed by atoms with Crippen molar-refractivity contribution in [3.63, 3.8) is 0 Å². The van der Waals surface area contributed by atoms with Gasteiger partial charge in [0.15, 0.2) is 12.0 Å². The Morgan fingerprint density at radius 3 is 2.95 bits per heavy atom. The number of hydrogen-bond acceptors (Lipinski definition) is 3. The molecule has 0 unspecified atom stereocenters. The molecule has 1 heterocycles. The van der Waals surface area contributed by atoms with Crippen molar-refractivity contribution in [2.24, 2.45) is 0 Å². The maximum atomic E-state index is 11.9. The first kappa shape index (κ1) is 14.6. The van der Waals surface area contributed by atoms with Crippen molar-refractivity contribution in [2.75, 3.05) is 6.54 Å². The lowest BCUT2D eigenvalue weighted by atomic mass is 10.1. The number of oxazole rings is 1. The summed E-state index contributed by atoms with van der Waals surface area (Å²) in [7, 11) is 0. The summed E-state index contributed by atoms with van der Waals surface area (Å²) in [6.07, 6.45) is 2.52. The molecule has 3 aromatic rings. The lowest BCUT2D eigenvalue weighted by Gasteiger charge is -2.06. The van der Waals surface area contributed by atoms with E-state index in [1.54, 1.807) is 12.1 Å². The number of amides is 1. The second-order valence-electron chi connectivity index (χ2n) is 5.06. The second kappa shape index (κ2) is 6.62. The Morgan fingerprint density at radius 1 is 1.18 bits per heavy atom. The number of nitrogens with one attached hydrogen (secondary N) is 1. The summed E-state index contributed by atoms with van der Waals surface area (Å²) in [6.45, 7) is 0.586. The Kier molecular flexibility index (Phi) is 4.39. The molecule has 1 aromatic heterocycles. The van der Waals surface area contributed by atoms with Crippen LogP contribution in [0.25, 0.3) is 11.1 Å². The van der Waals surface area contributed by atoms with E-state index in [9.17, 15) is 4.79 Å². The van der Waals surface area contributed by atoms with Crippen LogP contribution >= 0.6 is 11.6 Å². The first-order valence-electron chi connectivity index (χ1n) is 7.04. The zero-order valence-electron chi connectivity index (χ0n) is 11.9. The lowest BCUT2D eigenvalue weighted by molar-refractivity contribution is -0.120. The van der Waals surface area contributed by atoms with Crippen LogP contribution in [0.15, 0.2) is 53.3 Å². The third kappa shape index (κ3) is 3.65. The minimum absolute atomic E-state index is 0.00946. The zero-order chi connectivity index (χ0) is 15.4. The number of halogens is 1. The molecule has 2 aromatic carbocycles. The topological polar surface area (TPSA) is 55.1 Å². The Balaban J connectivity index is 1.50. The highest BCUT2D eigenvalue weighted by Gasteiger charge is 2.04. The Hall–Kier alpha value is -2.33. The molecule has 0 aliphatic rings. The molecule has 0 aliphatic heterocycles. The standard InChI is InChI=1S/C17H15ClN2O2/c18-14-3-1-2-13(8-14)10-17(21)19-7-6-12-4-5-16-15(9-12)20-11-22-16/h1-5,8-9,11H,6-7,10H2,(H,19,21). The maximum absolute atomic E-state index is 11.9. The number of carbonyl (C=O) groups is 1. The molecule has 1 N–H and O–H groups in total. The van der Waals surface area contributed by atoms with E-state index >= 15 is 0 Å². The van der Waals surface area contributed by atoms with Crippen molar-refractivity contribution < 1.29 is 9.21 Å². The molecule has 0 saturated heterocycles. The number of rotatable bonds is 5. The highest BCUT2D eigenvalue weighted by Crippen LogP contribution is 2.14. The third-order valence-corrected chi connectivity index (χ3v) is 3.62. The largest absolute Gasteiger partial charge is 0.443 e. The lowest BCUT2D eigenvalue weighted by Crippen LogP contribution is -2.27. The van der Waals surface area contributed by atoms with Crippen LogP contribution in [0, 0.1) is 0 Å². The number of carbonyl (C=O) groups excluding carboxylic acids is 1. The Morgan fingerprint density at radius 2 is 2.09 bits per heavy atom. The van der Waals surface area contributed by atoms with Gasteiger partial charge in [0, 0.05) is 11.6 Å². The van der Waals surface area contributed by atoms with Gasteiger partial charge in [0.25, 0.3) is 0 Å². The summed E-state index contributed by atoms with van der Waals surface area (Å²) in [5.41, 5.74) is 3.63. The molecule has 1 amide bonds. The molecule has 4 nitrogen and oxygen atoms in total. The number of fused-ring (bicyclic) bond motifs is 1. The smallest absolute Gasteiger partial charge is 0.224 e. The Bertz CT molecular complexity index is 798. The van der Waals surface area contributed by atoms with Gasteiger partial charge in [0.05, 0.1) is 6.42 Å². The van der Waals surface area contributed by atoms with Crippen LogP contribution in [0.2, 0.25) is 5.02 Å². The van der Waals surface area contributed by atoms with E-state index in [0.717, 1.165) is 28.6 Å².